The van der Waals surface area contributed by atoms with Crippen molar-refractivity contribution in [2.75, 3.05) is 0 Å². The van der Waals surface area contributed by atoms with Crippen LogP contribution < -0.4 is 14.8 Å². The Kier molecular flexibility index (Phi) is 4.93. The first-order valence-corrected chi connectivity index (χ1v) is 8.21. The molecule has 0 bridgehead atoms. The predicted octanol–water partition coefficient (Wildman–Crippen LogP) is 3.88. The van der Waals surface area contributed by atoms with Crippen molar-refractivity contribution < 1.29 is 23.0 Å². The first-order valence-electron chi connectivity index (χ1n) is 8.21. The van der Waals surface area contributed by atoms with Gasteiger partial charge in [-0.25, -0.2) is 9.97 Å². The molecule has 3 aromatic rings. The van der Waals surface area contributed by atoms with E-state index in [2.05, 4.69) is 25.0 Å². The molecule has 0 fully saturated rings. The van der Waals surface area contributed by atoms with Gasteiger partial charge in [0.15, 0.2) is 17.1 Å². The van der Waals surface area contributed by atoms with Gasteiger partial charge in [-0.15, -0.1) is 0 Å². The second-order valence-electron chi connectivity index (χ2n) is 6.19. The number of carbonyl (C=O) groups excluding carboxylic acids is 1. The Balaban J connectivity index is 1.92. The summed E-state index contributed by atoms with van der Waals surface area (Å²) < 4.78 is 36.5. The maximum atomic E-state index is 13.2. The number of fused-ring (bicyclic) bond motifs is 1. The van der Waals surface area contributed by atoms with Gasteiger partial charge in [0.1, 0.15) is 5.52 Å². The van der Waals surface area contributed by atoms with Gasteiger partial charge in [0.2, 0.25) is 5.88 Å². The molecule has 0 atom stereocenters. The van der Waals surface area contributed by atoms with Crippen molar-refractivity contribution in [2.24, 2.45) is 0 Å². The highest BCUT2D eigenvalue weighted by molar-refractivity contribution is 6.04. The lowest BCUT2D eigenvalue weighted by Crippen LogP contribution is -2.29. The van der Waals surface area contributed by atoms with Crippen LogP contribution in [-0.4, -0.2) is 33.0 Å². The molecule has 2 aromatic heterocycles. The standard InChI is InChI=1S/C18H18F2N4O3/c1-10(2)23-17(25)11-8-21-16-15(11)24-14(9-22-16)26-12-6-4-5-7-13(12)27-18(3,19)20/h4-10H,1-3H3,(H,21,22)(H,23,25). The molecule has 2 heterocycles. The monoisotopic (exact) mass is 376 g/mol. The number of aromatic nitrogens is 3. The molecule has 7 nitrogen and oxygen atoms in total. The van der Waals surface area contributed by atoms with E-state index in [0.29, 0.717) is 23.7 Å². The third-order valence-corrected chi connectivity index (χ3v) is 3.38. The molecule has 0 aliphatic heterocycles. The molecule has 27 heavy (non-hydrogen) atoms. The van der Waals surface area contributed by atoms with Crippen molar-refractivity contribution in [3.63, 3.8) is 0 Å². The highest BCUT2D eigenvalue weighted by Crippen LogP contribution is 2.34. The number of amides is 1. The summed E-state index contributed by atoms with van der Waals surface area (Å²) in [6, 6.07) is 5.94. The van der Waals surface area contributed by atoms with Gasteiger partial charge in [0.05, 0.1) is 11.8 Å². The lowest BCUT2D eigenvalue weighted by Gasteiger charge is -2.16. The Morgan fingerprint density at radius 3 is 2.63 bits per heavy atom. The molecular weight excluding hydrogens is 358 g/mol. The van der Waals surface area contributed by atoms with E-state index >= 15 is 0 Å². The van der Waals surface area contributed by atoms with Crippen molar-refractivity contribution in [2.45, 2.75) is 32.9 Å². The number of ether oxygens (including phenoxy) is 2. The van der Waals surface area contributed by atoms with Gasteiger partial charge in [0.25, 0.3) is 5.91 Å². The van der Waals surface area contributed by atoms with Crippen molar-refractivity contribution in [1.82, 2.24) is 20.3 Å². The van der Waals surface area contributed by atoms with Crippen molar-refractivity contribution in [3.8, 4) is 17.4 Å². The van der Waals surface area contributed by atoms with Crippen LogP contribution in [0.25, 0.3) is 11.2 Å². The zero-order chi connectivity index (χ0) is 19.6. The molecule has 142 valence electrons. The molecule has 1 aromatic carbocycles. The first-order chi connectivity index (χ1) is 12.7. The van der Waals surface area contributed by atoms with E-state index in [1.165, 1.54) is 24.5 Å². The minimum Gasteiger partial charge on any atom is -0.434 e. The van der Waals surface area contributed by atoms with Crippen LogP contribution in [0.2, 0.25) is 0 Å². The number of H-pyrrole nitrogens is 1. The smallest absolute Gasteiger partial charge is 0.395 e. The fraction of sp³-hybridized carbons (Fsp3) is 0.278. The quantitative estimate of drug-likeness (QED) is 0.682. The van der Waals surface area contributed by atoms with E-state index in [1.807, 2.05) is 13.8 Å². The highest BCUT2D eigenvalue weighted by Gasteiger charge is 2.25. The molecule has 9 heteroatoms. The average molecular weight is 376 g/mol. The van der Waals surface area contributed by atoms with E-state index in [-0.39, 0.29) is 29.3 Å². The minimum atomic E-state index is -3.36. The largest absolute Gasteiger partial charge is 0.434 e. The van der Waals surface area contributed by atoms with Gasteiger partial charge in [-0.2, -0.15) is 8.78 Å². The molecule has 0 unspecified atom stereocenters. The molecule has 0 saturated heterocycles. The predicted molar refractivity (Wildman–Crippen MR) is 94.3 cm³/mol. The summed E-state index contributed by atoms with van der Waals surface area (Å²) in [6.45, 7) is 4.32. The third kappa shape index (κ3) is 4.49. The third-order valence-electron chi connectivity index (χ3n) is 3.38. The average Bonchev–Trinajstić information content (AvgIpc) is 2.98. The lowest BCUT2D eigenvalue weighted by molar-refractivity contribution is -0.159. The molecule has 0 spiro atoms. The SMILES string of the molecule is CC(C)NC(=O)c1c[nH]c2ncc(Oc3ccccc3OC(C)(F)F)nc12. The zero-order valence-electron chi connectivity index (χ0n) is 14.9. The number of carbonyl (C=O) groups is 1. The van der Waals surface area contributed by atoms with Crippen LogP contribution in [0.4, 0.5) is 8.78 Å². The van der Waals surface area contributed by atoms with Crippen molar-refractivity contribution >= 4 is 17.1 Å². The van der Waals surface area contributed by atoms with Crippen LogP contribution in [0.1, 0.15) is 31.1 Å². The summed E-state index contributed by atoms with van der Waals surface area (Å²) in [5.41, 5.74) is 1.02. The van der Waals surface area contributed by atoms with E-state index in [4.69, 9.17) is 4.74 Å². The topological polar surface area (TPSA) is 89.1 Å². The number of rotatable bonds is 6. The van der Waals surface area contributed by atoms with Crippen molar-refractivity contribution in [1.29, 1.82) is 0 Å². The van der Waals surface area contributed by atoms with Crippen LogP contribution in [0.5, 0.6) is 17.4 Å². The van der Waals surface area contributed by atoms with E-state index in [0.717, 1.165) is 0 Å². The van der Waals surface area contributed by atoms with Crippen LogP contribution in [0.3, 0.4) is 0 Å². The second-order valence-corrected chi connectivity index (χ2v) is 6.19. The second kappa shape index (κ2) is 7.18. The molecule has 0 saturated carbocycles. The van der Waals surface area contributed by atoms with Gasteiger partial charge < -0.3 is 19.8 Å². The van der Waals surface area contributed by atoms with Gasteiger partial charge in [-0.1, -0.05) is 12.1 Å². The summed E-state index contributed by atoms with van der Waals surface area (Å²) in [5, 5.41) is 2.77. The number of hydrogen-bond acceptors (Lipinski definition) is 5. The molecular formula is C18H18F2N4O3. The molecule has 0 radical (unpaired) electrons. The van der Waals surface area contributed by atoms with Crippen LogP contribution in [0, 0.1) is 0 Å². The van der Waals surface area contributed by atoms with Crippen LogP contribution >= 0.6 is 0 Å². The van der Waals surface area contributed by atoms with Crippen LogP contribution in [-0.2, 0) is 0 Å². The number of aromatic amines is 1. The summed E-state index contributed by atoms with van der Waals surface area (Å²) in [4.78, 5) is 23.6. The number of nitrogens with zero attached hydrogens (tertiary/aromatic N) is 2. The number of benzene rings is 1. The highest BCUT2D eigenvalue weighted by atomic mass is 19.3. The minimum absolute atomic E-state index is 0.0381. The first kappa shape index (κ1) is 18.6. The summed E-state index contributed by atoms with van der Waals surface area (Å²) >= 11 is 0. The summed E-state index contributed by atoms with van der Waals surface area (Å²) in [5.74, 6) is -0.358. The Hall–Kier alpha value is -3.23. The Bertz CT molecular complexity index is 967. The Morgan fingerprint density at radius 2 is 1.96 bits per heavy atom. The molecule has 3 rings (SSSR count). The van der Waals surface area contributed by atoms with Crippen LogP contribution in [0.15, 0.2) is 36.7 Å². The lowest BCUT2D eigenvalue weighted by atomic mass is 10.2. The van der Waals surface area contributed by atoms with E-state index < -0.39 is 6.11 Å². The summed E-state index contributed by atoms with van der Waals surface area (Å²) in [6.07, 6.45) is -0.539. The fourth-order valence-electron chi connectivity index (χ4n) is 2.36. The molecule has 2 N–H and O–H groups in total. The van der Waals surface area contributed by atoms with Gasteiger partial charge in [-0.3, -0.25) is 4.79 Å². The van der Waals surface area contributed by atoms with Crippen molar-refractivity contribution in [3.05, 3.63) is 42.2 Å². The number of nitrogens with one attached hydrogen (secondary N) is 2. The Labute approximate surface area is 153 Å². The summed E-state index contributed by atoms with van der Waals surface area (Å²) in [7, 11) is 0. The van der Waals surface area contributed by atoms with E-state index in [9.17, 15) is 13.6 Å². The Morgan fingerprint density at radius 1 is 1.26 bits per heavy atom. The molecule has 0 aliphatic carbocycles. The molecule has 0 aliphatic rings. The van der Waals surface area contributed by atoms with E-state index in [1.54, 1.807) is 12.1 Å². The maximum absolute atomic E-state index is 13.2. The fourth-order valence-corrected chi connectivity index (χ4v) is 2.36. The normalized spacial score (nSPS) is 11.6. The number of hydrogen-bond donors (Lipinski definition) is 2. The number of halogens is 2. The number of alkyl halides is 2. The van der Waals surface area contributed by atoms with Gasteiger partial charge in [-0.05, 0) is 26.0 Å². The van der Waals surface area contributed by atoms with Gasteiger partial charge in [0, 0.05) is 19.2 Å². The maximum Gasteiger partial charge on any atom is 0.395 e. The molecule has 1 amide bonds. The zero-order valence-corrected chi connectivity index (χ0v) is 14.9. The van der Waals surface area contributed by atoms with Gasteiger partial charge >= 0.3 is 6.11 Å². The number of para-hydroxylation sites is 2.